The number of aryl methyl sites for hydroxylation is 1. The lowest BCUT2D eigenvalue weighted by Gasteiger charge is -2.08. The van der Waals surface area contributed by atoms with Crippen LogP contribution in [0.4, 0.5) is 11.5 Å². The number of esters is 1. The van der Waals surface area contributed by atoms with E-state index in [0.717, 1.165) is 11.4 Å². The number of nitrogens with two attached hydrogens (primary N) is 1. The second-order valence-electron chi connectivity index (χ2n) is 4.15. The number of nitrogen functional groups attached to an aromatic ring is 1. The van der Waals surface area contributed by atoms with E-state index in [-0.39, 0.29) is 11.3 Å². The number of hydrogen-bond acceptors (Lipinski definition) is 7. The Labute approximate surface area is 116 Å². The molecule has 0 bridgehead atoms. The van der Waals surface area contributed by atoms with Gasteiger partial charge in [-0.1, -0.05) is 0 Å². The molecular formula is C13H15N5O2. The third-order valence-corrected chi connectivity index (χ3v) is 2.63. The van der Waals surface area contributed by atoms with Gasteiger partial charge in [0, 0.05) is 6.20 Å². The van der Waals surface area contributed by atoms with Crippen LogP contribution in [0.3, 0.4) is 0 Å². The van der Waals surface area contributed by atoms with Crippen LogP contribution < -0.4 is 11.1 Å². The lowest BCUT2D eigenvalue weighted by Crippen LogP contribution is -2.09. The Morgan fingerprint density at radius 1 is 1.30 bits per heavy atom. The van der Waals surface area contributed by atoms with Gasteiger partial charge in [-0.25, -0.2) is 9.78 Å². The molecule has 2 heterocycles. The highest BCUT2D eigenvalue weighted by atomic mass is 16.5. The quantitative estimate of drug-likeness (QED) is 0.805. The normalized spacial score (nSPS) is 10.1. The van der Waals surface area contributed by atoms with E-state index in [1.165, 1.54) is 13.3 Å². The fraction of sp³-hybridized carbons (Fsp3) is 0.231. The van der Waals surface area contributed by atoms with Crippen molar-refractivity contribution >= 4 is 17.5 Å². The van der Waals surface area contributed by atoms with E-state index in [1.807, 2.05) is 6.92 Å². The summed E-state index contributed by atoms with van der Waals surface area (Å²) in [7, 11) is 1.30. The van der Waals surface area contributed by atoms with Crippen molar-refractivity contribution in [2.75, 3.05) is 18.2 Å². The van der Waals surface area contributed by atoms with Crippen LogP contribution >= 0.6 is 0 Å². The third-order valence-electron chi connectivity index (χ3n) is 2.63. The molecule has 0 fully saturated rings. The number of rotatable bonds is 4. The molecule has 20 heavy (non-hydrogen) atoms. The summed E-state index contributed by atoms with van der Waals surface area (Å²) >= 11 is 0. The molecule has 7 nitrogen and oxygen atoms in total. The number of methoxy groups -OCH3 is 1. The van der Waals surface area contributed by atoms with E-state index in [1.54, 1.807) is 18.5 Å². The Hall–Kier alpha value is -2.70. The minimum absolute atomic E-state index is 0.275. The van der Waals surface area contributed by atoms with Gasteiger partial charge in [-0.05, 0) is 13.0 Å². The van der Waals surface area contributed by atoms with Crippen molar-refractivity contribution in [3.05, 3.63) is 41.6 Å². The summed E-state index contributed by atoms with van der Waals surface area (Å²) in [5, 5.41) is 3.05. The SMILES string of the molecule is COC(=O)c1cc(NCc2cnc(C)cn2)ncc1N. The second kappa shape index (κ2) is 5.96. The van der Waals surface area contributed by atoms with Gasteiger partial charge in [0.1, 0.15) is 5.82 Å². The third kappa shape index (κ3) is 3.19. The van der Waals surface area contributed by atoms with Crippen molar-refractivity contribution in [3.63, 3.8) is 0 Å². The molecule has 0 aromatic carbocycles. The van der Waals surface area contributed by atoms with Gasteiger partial charge < -0.3 is 15.8 Å². The molecule has 0 aliphatic carbocycles. The number of pyridine rings is 1. The maximum Gasteiger partial charge on any atom is 0.340 e. The topological polar surface area (TPSA) is 103 Å². The summed E-state index contributed by atoms with van der Waals surface area (Å²) in [5.74, 6) is 0.0186. The molecule has 0 spiro atoms. The molecule has 2 aromatic rings. The monoisotopic (exact) mass is 273 g/mol. The van der Waals surface area contributed by atoms with E-state index in [9.17, 15) is 4.79 Å². The Bertz CT molecular complexity index is 613. The summed E-state index contributed by atoms with van der Waals surface area (Å²) in [6.07, 6.45) is 4.78. The first-order valence-electron chi connectivity index (χ1n) is 5.95. The summed E-state index contributed by atoms with van der Waals surface area (Å²) in [6, 6.07) is 1.54. The Morgan fingerprint density at radius 2 is 2.10 bits per heavy atom. The van der Waals surface area contributed by atoms with Gasteiger partial charge in [0.15, 0.2) is 0 Å². The highest BCUT2D eigenvalue weighted by Gasteiger charge is 2.11. The first kappa shape index (κ1) is 13.7. The molecule has 7 heteroatoms. The average molecular weight is 273 g/mol. The van der Waals surface area contributed by atoms with E-state index < -0.39 is 5.97 Å². The second-order valence-corrected chi connectivity index (χ2v) is 4.15. The fourth-order valence-electron chi connectivity index (χ4n) is 1.54. The molecule has 0 unspecified atom stereocenters. The first-order valence-corrected chi connectivity index (χ1v) is 5.95. The van der Waals surface area contributed by atoms with E-state index >= 15 is 0 Å². The number of carbonyl (C=O) groups excluding carboxylic acids is 1. The predicted molar refractivity (Wildman–Crippen MR) is 74.1 cm³/mol. The number of nitrogens with zero attached hydrogens (tertiary/aromatic N) is 3. The molecule has 0 aliphatic heterocycles. The molecule has 2 rings (SSSR count). The van der Waals surface area contributed by atoms with Crippen LogP contribution in [0.25, 0.3) is 0 Å². The number of anilines is 2. The lowest BCUT2D eigenvalue weighted by atomic mass is 10.2. The fourth-order valence-corrected chi connectivity index (χ4v) is 1.54. The van der Waals surface area contributed by atoms with Crippen LogP contribution in [-0.4, -0.2) is 28.0 Å². The van der Waals surface area contributed by atoms with Gasteiger partial charge in [-0.15, -0.1) is 0 Å². The van der Waals surface area contributed by atoms with Crippen molar-refractivity contribution in [3.8, 4) is 0 Å². The first-order chi connectivity index (χ1) is 9.60. The minimum atomic E-state index is -0.497. The van der Waals surface area contributed by atoms with Crippen molar-refractivity contribution in [1.29, 1.82) is 0 Å². The zero-order valence-electron chi connectivity index (χ0n) is 11.3. The number of hydrogen-bond donors (Lipinski definition) is 2. The van der Waals surface area contributed by atoms with Crippen molar-refractivity contribution in [2.24, 2.45) is 0 Å². The van der Waals surface area contributed by atoms with Crippen LogP contribution in [0, 0.1) is 6.92 Å². The highest BCUT2D eigenvalue weighted by molar-refractivity contribution is 5.95. The molecule has 0 atom stereocenters. The van der Waals surface area contributed by atoms with Gasteiger partial charge in [0.05, 0.1) is 48.7 Å². The molecule has 2 aromatic heterocycles. The van der Waals surface area contributed by atoms with Gasteiger partial charge in [-0.3, -0.25) is 9.97 Å². The summed E-state index contributed by atoms with van der Waals surface area (Å²) < 4.78 is 4.65. The standard InChI is InChI=1S/C13H15N5O2/c1-8-4-16-9(5-15-8)6-17-12-3-10(13(19)20-2)11(14)7-18-12/h3-5,7H,6,14H2,1-2H3,(H,17,18). The van der Waals surface area contributed by atoms with Crippen LogP contribution in [-0.2, 0) is 11.3 Å². The average Bonchev–Trinajstić information content (AvgIpc) is 2.47. The molecule has 3 N–H and O–H groups in total. The maximum absolute atomic E-state index is 11.5. The summed E-state index contributed by atoms with van der Waals surface area (Å²) in [4.78, 5) is 24.0. The largest absolute Gasteiger partial charge is 0.465 e. The van der Waals surface area contributed by atoms with Crippen molar-refractivity contribution < 1.29 is 9.53 Å². The number of carbonyl (C=O) groups is 1. The zero-order chi connectivity index (χ0) is 14.5. The van der Waals surface area contributed by atoms with Gasteiger partial charge in [0.25, 0.3) is 0 Å². The van der Waals surface area contributed by atoms with Crippen molar-refractivity contribution in [1.82, 2.24) is 15.0 Å². The smallest absolute Gasteiger partial charge is 0.340 e. The molecule has 0 radical (unpaired) electrons. The zero-order valence-corrected chi connectivity index (χ0v) is 11.3. The molecule has 104 valence electrons. The van der Waals surface area contributed by atoms with Crippen molar-refractivity contribution in [2.45, 2.75) is 13.5 Å². The van der Waals surface area contributed by atoms with Crippen LogP contribution in [0.1, 0.15) is 21.7 Å². The number of ether oxygens (including phenoxy) is 1. The Balaban J connectivity index is 2.10. The summed E-state index contributed by atoms with van der Waals surface area (Å²) in [5.41, 5.74) is 7.86. The van der Waals surface area contributed by atoms with E-state index in [2.05, 4.69) is 25.0 Å². The molecule has 0 aliphatic rings. The summed E-state index contributed by atoms with van der Waals surface area (Å²) in [6.45, 7) is 2.32. The van der Waals surface area contributed by atoms with Crippen LogP contribution in [0.15, 0.2) is 24.7 Å². The number of nitrogens with one attached hydrogen (secondary N) is 1. The van der Waals surface area contributed by atoms with Gasteiger partial charge >= 0.3 is 5.97 Å². The van der Waals surface area contributed by atoms with E-state index in [4.69, 9.17) is 5.73 Å². The Kier molecular flexibility index (Phi) is 4.09. The molecule has 0 amide bonds. The van der Waals surface area contributed by atoms with E-state index in [0.29, 0.717) is 12.4 Å². The minimum Gasteiger partial charge on any atom is -0.465 e. The molecular weight excluding hydrogens is 258 g/mol. The Morgan fingerprint density at radius 3 is 2.75 bits per heavy atom. The molecule has 0 saturated heterocycles. The van der Waals surface area contributed by atoms with Gasteiger partial charge in [0.2, 0.25) is 0 Å². The highest BCUT2D eigenvalue weighted by Crippen LogP contribution is 2.16. The molecule has 0 saturated carbocycles. The van der Waals surface area contributed by atoms with Gasteiger partial charge in [-0.2, -0.15) is 0 Å². The maximum atomic E-state index is 11.5. The lowest BCUT2D eigenvalue weighted by molar-refractivity contribution is 0.0602. The number of aromatic nitrogens is 3. The predicted octanol–water partition coefficient (Wildman–Crippen LogP) is 1.16. The van der Waals surface area contributed by atoms with Crippen LogP contribution in [0.2, 0.25) is 0 Å². The van der Waals surface area contributed by atoms with Crippen LogP contribution in [0.5, 0.6) is 0 Å².